The minimum Gasteiger partial charge on any atom is -0.455 e. The summed E-state index contributed by atoms with van der Waals surface area (Å²) in [5.74, 6) is 0. The van der Waals surface area contributed by atoms with Crippen molar-refractivity contribution >= 4 is 81.3 Å². The first-order valence-electron chi connectivity index (χ1n) is 14.5. The molecule has 0 radical (unpaired) electrons. The molecule has 3 heteroatoms. The number of benzene rings is 7. The van der Waals surface area contributed by atoms with Gasteiger partial charge < -0.3 is 9.32 Å². The van der Waals surface area contributed by atoms with Crippen LogP contribution in [0.3, 0.4) is 0 Å². The van der Waals surface area contributed by atoms with Crippen molar-refractivity contribution in [1.82, 2.24) is 0 Å². The molecule has 2 aromatic heterocycles. The van der Waals surface area contributed by atoms with Gasteiger partial charge in [0.05, 0.1) is 0 Å². The number of furan rings is 1. The molecule has 0 unspecified atom stereocenters. The maximum Gasteiger partial charge on any atom is 0.143 e. The summed E-state index contributed by atoms with van der Waals surface area (Å²) in [6.45, 7) is 0. The zero-order valence-electron chi connectivity index (χ0n) is 23.2. The number of rotatable bonds is 4. The predicted molar refractivity (Wildman–Crippen MR) is 184 cm³/mol. The van der Waals surface area contributed by atoms with E-state index in [1.807, 2.05) is 23.5 Å². The number of anilines is 3. The SMILES string of the molecule is c1ccc(N(c2ccc(-c3cccc4c3oc3ccccc34)cc2)c2ccc3ccc4sc5ccccc5c4c3c2)cc1. The molecule has 2 heterocycles. The lowest BCUT2D eigenvalue weighted by Crippen LogP contribution is -2.09. The molecular formula is C40H25NOS. The standard InChI is InChI=1S/C40H25NOS/c1-2-9-28(10-3-1)41(30-23-19-27-20-24-38-39(35(27)25-30)34-12-5-7-16-37(34)43-38)29-21-17-26(18-22-29)31-13-8-14-33-32-11-4-6-15-36(32)42-40(31)33/h1-25H. The number of para-hydroxylation sites is 3. The van der Waals surface area contributed by atoms with Gasteiger partial charge in [0, 0.05) is 53.6 Å². The lowest BCUT2D eigenvalue weighted by atomic mass is 10.0. The van der Waals surface area contributed by atoms with Crippen molar-refractivity contribution in [1.29, 1.82) is 0 Å². The van der Waals surface area contributed by atoms with Gasteiger partial charge in [-0.2, -0.15) is 0 Å². The van der Waals surface area contributed by atoms with Gasteiger partial charge in [-0.15, -0.1) is 11.3 Å². The fraction of sp³-hybridized carbons (Fsp3) is 0. The first kappa shape index (κ1) is 24.2. The van der Waals surface area contributed by atoms with Crippen molar-refractivity contribution in [2.45, 2.75) is 0 Å². The second-order valence-electron chi connectivity index (χ2n) is 10.9. The summed E-state index contributed by atoms with van der Waals surface area (Å²) in [5.41, 5.74) is 7.44. The van der Waals surface area contributed by atoms with Crippen molar-refractivity contribution in [3.8, 4) is 11.1 Å². The van der Waals surface area contributed by atoms with Gasteiger partial charge >= 0.3 is 0 Å². The first-order chi connectivity index (χ1) is 21.3. The summed E-state index contributed by atoms with van der Waals surface area (Å²) in [5, 5.41) is 7.48. The lowest BCUT2D eigenvalue weighted by molar-refractivity contribution is 0.670. The molecule has 202 valence electrons. The molecule has 0 aliphatic carbocycles. The van der Waals surface area contributed by atoms with Crippen LogP contribution in [-0.4, -0.2) is 0 Å². The number of hydrogen-bond donors (Lipinski definition) is 0. The summed E-state index contributed by atoms with van der Waals surface area (Å²) < 4.78 is 8.99. The van der Waals surface area contributed by atoms with Crippen LogP contribution >= 0.6 is 11.3 Å². The van der Waals surface area contributed by atoms with Crippen molar-refractivity contribution < 1.29 is 4.42 Å². The summed E-state index contributed by atoms with van der Waals surface area (Å²) in [4.78, 5) is 2.35. The van der Waals surface area contributed by atoms with Crippen LogP contribution in [0, 0.1) is 0 Å². The first-order valence-corrected chi connectivity index (χ1v) is 15.3. The number of fused-ring (bicyclic) bond motifs is 8. The summed E-state index contributed by atoms with van der Waals surface area (Å²) in [7, 11) is 0. The Bertz CT molecular complexity index is 2450. The van der Waals surface area contributed by atoms with Gasteiger partial charge in [0.2, 0.25) is 0 Å². The molecule has 0 saturated heterocycles. The van der Waals surface area contributed by atoms with Crippen LogP contribution in [0.25, 0.3) is 64.0 Å². The molecule has 0 N–H and O–H groups in total. The van der Waals surface area contributed by atoms with E-state index in [1.54, 1.807) is 0 Å². The highest BCUT2D eigenvalue weighted by Crippen LogP contribution is 2.43. The van der Waals surface area contributed by atoms with E-state index in [-0.39, 0.29) is 0 Å². The number of thiophene rings is 1. The Morgan fingerprint density at radius 3 is 2.05 bits per heavy atom. The summed E-state index contributed by atoms with van der Waals surface area (Å²) in [6, 6.07) is 54.2. The third kappa shape index (κ3) is 3.86. The molecule has 0 atom stereocenters. The Morgan fingerprint density at radius 2 is 1.16 bits per heavy atom. The third-order valence-electron chi connectivity index (χ3n) is 8.46. The monoisotopic (exact) mass is 567 g/mol. The highest BCUT2D eigenvalue weighted by molar-refractivity contribution is 7.26. The van der Waals surface area contributed by atoms with E-state index >= 15 is 0 Å². The molecule has 0 spiro atoms. The molecule has 43 heavy (non-hydrogen) atoms. The number of nitrogens with zero attached hydrogens (tertiary/aromatic N) is 1. The van der Waals surface area contributed by atoms with Crippen LogP contribution in [0.4, 0.5) is 17.1 Å². The molecule has 0 aliphatic heterocycles. The molecule has 2 nitrogen and oxygen atoms in total. The Balaban J connectivity index is 1.20. The van der Waals surface area contributed by atoms with Crippen LogP contribution in [0.15, 0.2) is 156 Å². The average molecular weight is 568 g/mol. The highest BCUT2D eigenvalue weighted by Gasteiger charge is 2.17. The van der Waals surface area contributed by atoms with E-state index in [1.165, 1.54) is 30.9 Å². The van der Waals surface area contributed by atoms with E-state index in [0.717, 1.165) is 50.1 Å². The quantitative estimate of drug-likeness (QED) is 0.210. The maximum absolute atomic E-state index is 6.34. The number of hydrogen-bond acceptors (Lipinski definition) is 3. The largest absolute Gasteiger partial charge is 0.455 e. The van der Waals surface area contributed by atoms with E-state index in [2.05, 4.69) is 144 Å². The lowest BCUT2D eigenvalue weighted by Gasteiger charge is -2.26. The molecule has 0 bridgehead atoms. The normalized spacial score (nSPS) is 11.7. The summed E-state index contributed by atoms with van der Waals surface area (Å²) >= 11 is 1.86. The Hall–Kier alpha value is -5.38. The van der Waals surface area contributed by atoms with Gasteiger partial charge in [-0.3, -0.25) is 0 Å². The molecule has 7 aromatic carbocycles. The minimum absolute atomic E-state index is 0.917. The third-order valence-corrected chi connectivity index (χ3v) is 9.59. The zero-order chi connectivity index (χ0) is 28.3. The topological polar surface area (TPSA) is 16.4 Å². The Morgan fingerprint density at radius 1 is 0.465 bits per heavy atom. The average Bonchev–Trinajstić information content (AvgIpc) is 3.65. The molecule has 0 amide bonds. The van der Waals surface area contributed by atoms with Gasteiger partial charge in [-0.25, -0.2) is 0 Å². The highest BCUT2D eigenvalue weighted by atomic mass is 32.1. The van der Waals surface area contributed by atoms with E-state index in [0.29, 0.717) is 0 Å². The fourth-order valence-electron chi connectivity index (χ4n) is 6.46. The van der Waals surface area contributed by atoms with Gasteiger partial charge in [0.15, 0.2) is 0 Å². The Labute approximate surface area is 252 Å². The molecule has 9 rings (SSSR count). The molecular weight excluding hydrogens is 543 g/mol. The molecule has 9 aromatic rings. The molecule has 0 fully saturated rings. The second-order valence-corrected chi connectivity index (χ2v) is 12.0. The minimum atomic E-state index is 0.917. The zero-order valence-corrected chi connectivity index (χ0v) is 24.0. The van der Waals surface area contributed by atoms with E-state index in [9.17, 15) is 0 Å². The predicted octanol–water partition coefficient (Wildman–Crippen LogP) is 12.2. The van der Waals surface area contributed by atoms with Gasteiger partial charge in [0.1, 0.15) is 11.2 Å². The van der Waals surface area contributed by atoms with Crippen molar-refractivity contribution in [3.05, 3.63) is 152 Å². The van der Waals surface area contributed by atoms with Crippen LogP contribution in [-0.2, 0) is 0 Å². The summed E-state index contributed by atoms with van der Waals surface area (Å²) in [6.07, 6.45) is 0. The maximum atomic E-state index is 6.34. The van der Waals surface area contributed by atoms with Crippen molar-refractivity contribution in [2.24, 2.45) is 0 Å². The van der Waals surface area contributed by atoms with Crippen LogP contribution in [0.5, 0.6) is 0 Å². The van der Waals surface area contributed by atoms with E-state index < -0.39 is 0 Å². The van der Waals surface area contributed by atoms with Gasteiger partial charge in [-0.05, 0) is 70.9 Å². The second kappa shape index (κ2) is 9.59. The van der Waals surface area contributed by atoms with Crippen molar-refractivity contribution in [3.63, 3.8) is 0 Å². The van der Waals surface area contributed by atoms with Crippen LogP contribution in [0.1, 0.15) is 0 Å². The molecule has 0 aliphatic rings. The van der Waals surface area contributed by atoms with Crippen molar-refractivity contribution in [2.75, 3.05) is 4.90 Å². The fourth-order valence-corrected chi connectivity index (χ4v) is 7.58. The van der Waals surface area contributed by atoms with Gasteiger partial charge in [0.25, 0.3) is 0 Å². The Kier molecular flexibility index (Phi) is 5.40. The van der Waals surface area contributed by atoms with E-state index in [4.69, 9.17) is 4.42 Å². The van der Waals surface area contributed by atoms with Gasteiger partial charge in [-0.1, -0.05) is 97.1 Å². The smallest absolute Gasteiger partial charge is 0.143 e. The molecule has 0 saturated carbocycles. The van der Waals surface area contributed by atoms with Crippen LogP contribution in [0.2, 0.25) is 0 Å². The van der Waals surface area contributed by atoms with Crippen LogP contribution < -0.4 is 4.90 Å².